The summed E-state index contributed by atoms with van der Waals surface area (Å²) < 4.78 is 24.5. The monoisotopic (exact) mass is 349 g/mol. The number of halogens is 1. The van der Waals surface area contributed by atoms with Crippen molar-refractivity contribution in [3.05, 3.63) is 52.0 Å². The first-order chi connectivity index (χ1) is 11.7. The van der Waals surface area contributed by atoms with E-state index in [1.54, 1.807) is 22.3 Å². The SMILES string of the molecule is COc1ccc(C(=O)N(Cc2cccs2)CC2CCCO2)cc1F. The lowest BCUT2D eigenvalue weighted by Gasteiger charge is -2.25. The Kier molecular flexibility index (Phi) is 5.48. The summed E-state index contributed by atoms with van der Waals surface area (Å²) >= 11 is 1.60. The van der Waals surface area contributed by atoms with E-state index in [1.807, 2.05) is 17.5 Å². The maximum atomic E-state index is 13.9. The Balaban J connectivity index is 1.79. The number of amides is 1. The molecule has 0 radical (unpaired) electrons. The first-order valence-electron chi connectivity index (χ1n) is 7.94. The molecule has 0 N–H and O–H groups in total. The predicted octanol–water partition coefficient (Wildman–Crippen LogP) is 3.72. The van der Waals surface area contributed by atoms with E-state index >= 15 is 0 Å². The van der Waals surface area contributed by atoms with Gasteiger partial charge in [-0.05, 0) is 42.5 Å². The van der Waals surface area contributed by atoms with Gasteiger partial charge in [-0.25, -0.2) is 4.39 Å². The Morgan fingerprint density at radius 2 is 2.33 bits per heavy atom. The molecule has 3 rings (SSSR count). The van der Waals surface area contributed by atoms with Crippen LogP contribution < -0.4 is 4.74 Å². The zero-order chi connectivity index (χ0) is 16.9. The summed E-state index contributed by atoms with van der Waals surface area (Å²) in [4.78, 5) is 15.7. The molecule has 4 nitrogen and oxygen atoms in total. The fourth-order valence-corrected chi connectivity index (χ4v) is 3.55. The fraction of sp³-hybridized carbons (Fsp3) is 0.389. The van der Waals surface area contributed by atoms with Crippen molar-refractivity contribution in [3.63, 3.8) is 0 Å². The Labute approximate surface area is 144 Å². The van der Waals surface area contributed by atoms with Gasteiger partial charge in [0.1, 0.15) is 0 Å². The maximum absolute atomic E-state index is 13.9. The van der Waals surface area contributed by atoms with Crippen LogP contribution in [0.1, 0.15) is 28.1 Å². The van der Waals surface area contributed by atoms with Crippen molar-refractivity contribution in [2.45, 2.75) is 25.5 Å². The molecular formula is C18H20FNO3S. The molecule has 0 saturated carbocycles. The number of hydrogen-bond donors (Lipinski definition) is 0. The molecule has 1 aromatic heterocycles. The third-order valence-electron chi connectivity index (χ3n) is 4.06. The van der Waals surface area contributed by atoms with E-state index in [4.69, 9.17) is 9.47 Å². The van der Waals surface area contributed by atoms with Crippen molar-refractivity contribution >= 4 is 17.2 Å². The molecule has 2 aromatic rings. The highest BCUT2D eigenvalue weighted by atomic mass is 32.1. The molecule has 24 heavy (non-hydrogen) atoms. The molecule has 128 valence electrons. The summed E-state index contributed by atoms with van der Waals surface area (Å²) in [6, 6.07) is 8.27. The van der Waals surface area contributed by atoms with Gasteiger partial charge in [0.05, 0.1) is 19.8 Å². The number of carbonyl (C=O) groups excluding carboxylic acids is 1. The second kappa shape index (κ2) is 7.77. The van der Waals surface area contributed by atoms with Gasteiger partial charge in [-0.1, -0.05) is 6.07 Å². The molecule has 1 unspecified atom stereocenters. The zero-order valence-corrected chi connectivity index (χ0v) is 14.4. The number of carbonyl (C=O) groups is 1. The quantitative estimate of drug-likeness (QED) is 0.798. The van der Waals surface area contributed by atoms with E-state index in [0.29, 0.717) is 18.7 Å². The molecule has 1 saturated heterocycles. The van der Waals surface area contributed by atoms with Gasteiger partial charge in [0.15, 0.2) is 11.6 Å². The molecule has 1 aliphatic rings. The highest BCUT2D eigenvalue weighted by Gasteiger charge is 2.24. The number of methoxy groups -OCH3 is 1. The van der Waals surface area contributed by atoms with Crippen LogP contribution in [-0.2, 0) is 11.3 Å². The van der Waals surface area contributed by atoms with E-state index in [2.05, 4.69) is 0 Å². The number of ether oxygens (including phenoxy) is 2. The molecule has 1 aromatic carbocycles. The van der Waals surface area contributed by atoms with Crippen LogP contribution >= 0.6 is 11.3 Å². The zero-order valence-electron chi connectivity index (χ0n) is 13.5. The minimum Gasteiger partial charge on any atom is -0.494 e. The van der Waals surface area contributed by atoms with Crippen molar-refractivity contribution in [2.75, 3.05) is 20.3 Å². The Morgan fingerprint density at radius 3 is 2.96 bits per heavy atom. The predicted molar refractivity (Wildman–Crippen MR) is 91.0 cm³/mol. The average molecular weight is 349 g/mol. The molecule has 1 fully saturated rings. The van der Waals surface area contributed by atoms with Crippen molar-refractivity contribution in [1.29, 1.82) is 0 Å². The van der Waals surface area contributed by atoms with E-state index in [1.165, 1.54) is 19.2 Å². The number of benzene rings is 1. The maximum Gasteiger partial charge on any atom is 0.254 e. The van der Waals surface area contributed by atoms with Gasteiger partial charge in [-0.3, -0.25) is 4.79 Å². The first kappa shape index (κ1) is 16.9. The van der Waals surface area contributed by atoms with Gasteiger partial charge >= 0.3 is 0 Å². The second-order valence-electron chi connectivity index (χ2n) is 5.75. The van der Waals surface area contributed by atoms with Crippen molar-refractivity contribution < 1.29 is 18.7 Å². The van der Waals surface area contributed by atoms with Crippen molar-refractivity contribution in [1.82, 2.24) is 4.90 Å². The molecule has 1 atom stereocenters. The average Bonchev–Trinajstić information content (AvgIpc) is 3.27. The Hall–Kier alpha value is -1.92. The lowest BCUT2D eigenvalue weighted by atomic mass is 10.1. The second-order valence-corrected chi connectivity index (χ2v) is 6.78. The van der Waals surface area contributed by atoms with Crippen LogP contribution in [0.25, 0.3) is 0 Å². The van der Waals surface area contributed by atoms with E-state index < -0.39 is 5.82 Å². The molecule has 0 spiro atoms. The number of rotatable bonds is 6. The van der Waals surface area contributed by atoms with Crippen molar-refractivity contribution in [2.24, 2.45) is 0 Å². The summed E-state index contributed by atoms with van der Waals surface area (Å²) in [6.07, 6.45) is 2.02. The molecule has 0 bridgehead atoms. The largest absolute Gasteiger partial charge is 0.494 e. The van der Waals surface area contributed by atoms with Crippen LogP contribution in [0.4, 0.5) is 4.39 Å². The van der Waals surface area contributed by atoms with Gasteiger partial charge in [0.2, 0.25) is 0 Å². The highest BCUT2D eigenvalue weighted by molar-refractivity contribution is 7.09. The fourth-order valence-electron chi connectivity index (χ4n) is 2.83. The summed E-state index contributed by atoms with van der Waals surface area (Å²) in [7, 11) is 1.40. The molecule has 6 heteroatoms. The Bertz CT molecular complexity index is 684. The summed E-state index contributed by atoms with van der Waals surface area (Å²) in [5.74, 6) is -0.590. The molecule has 2 heterocycles. The highest BCUT2D eigenvalue weighted by Crippen LogP contribution is 2.22. The molecule has 1 amide bonds. The van der Waals surface area contributed by atoms with Gasteiger partial charge in [0.25, 0.3) is 5.91 Å². The van der Waals surface area contributed by atoms with Crippen LogP contribution in [0.2, 0.25) is 0 Å². The van der Waals surface area contributed by atoms with Crippen LogP contribution in [-0.4, -0.2) is 37.2 Å². The van der Waals surface area contributed by atoms with E-state index in [0.717, 1.165) is 24.3 Å². The van der Waals surface area contributed by atoms with Gasteiger partial charge < -0.3 is 14.4 Å². The topological polar surface area (TPSA) is 38.8 Å². The number of nitrogens with zero attached hydrogens (tertiary/aromatic N) is 1. The molecule has 0 aliphatic carbocycles. The number of hydrogen-bond acceptors (Lipinski definition) is 4. The standard InChI is InChI=1S/C18H20FNO3S/c1-22-17-7-6-13(10-16(17)19)18(21)20(11-14-4-2-8-23-14)12-15-5-3-9-24-15/h3,5-7,9-10,14H,2,4,8,11-12H2,1H3. The number of thiophene rings is 1. The van der Waals surface area contributed by atoms with Crippen LogP contribution in [0, 0.1) is 5.82 Å². The van der Waals surface area contributed by atoms with Crippen LogP contribution in [0.15, 0.2) is 35.7 Å². The summed E-state index contributed by atoms with van der Waals surface area (Å²) in [6.45, 7) is 1.76. The normalized spacial score (nSPS) is 17.0. The Morgan fingerprint density at radius 1 is 1.46 bits per heavy atom. The lowest BCUT2D eigenvalue weighted by Crippen LogP contribution is -2.36. The summed E-state index contributed by atoms with van der Waals surface area (Å²) in [5.41, 5.74) is 0.322. The van der Waals surface area contributed by atoms with Gasteiger partial charge in [-0.15, -0.1) is 11.3 Å². The first-order valence-corrected chi connectivity index (χ1v) is 8.82. The molecular weight excluding hydrogens is 329 g/mol. The minimum atomic E-state index is -0.531. The smallest absolute Gasteiger partial charge is 0.254 e. The van der Waals surface area contributed by atoms with Gasteiger partial charge in [-0.2, -0.15) is 0 Å². The summed E-state index contributed by atoms with van der Waals surface area (Å²) in [5, 5.41) is 1.98. The minimum absolute atomic E-state index is 0.0528. The third kappa shape index (κ3) is 3.94. The lowest BCUT2D eigenvalue weighted by molar-refractivity contribution is 0.0509. The van der Waals surface area contributed by atoms with Gasteiger partial charge in [0, 0.05) is 23.6 Å². The van der Waals surface area contributed by atoms with Crippen LogP contribution in [0.5, 0.6) is 5.75 Å². The third-order valence-corrected chi connectivity index (χ3v) is 4.92. The van der Waals surface area contributed by atoms with E-state index in [-0.39, 0.29) is 17.8 Å². The van der Waals surface area contributed by atoms with E-state index in [9.17, 15) is 9.18 Å². The molecule has 1 aliphatic heterocycles. The van der Waals surface area contributed by atoms with Crippen LogP contribution in [0.3, 0.4) is 0 Å². The van der Waals surface area contributed by atoms with Crippen molar-refractivity contribution in [3.8, 4) is 5.75 Å².